The molecule has 0 saturated heterocycles. The first kappa shape index (κ1) is 22.8. The quantitative estimate of drug-likeness (QED) is 0.409. The van der Waals surface area contributed by atoms with Gasteiger partial charge >= 0.3 is 6.03 Å². The van der Waals surface area contributed by atoms with E-state index in [1.165, 1.54) is 10.4 Å². The minimum Gasteiger partial charge on any atom is -0.492 e. The van der Waals surface area contributed by atoms with Crippen molar-refractivity contribution in [1.29, 1.82) is 0 Å². The highest BCUT2D eigenvalue weighted by Gasteiger charge is 2.31. The molecule has 4 rings (SSSR count). The first-order valence-electron chi connectivity index (χ1n) is 10.5. The Kier molecular flexibility index (Phi) is 6.64. The maximum absolute atomic E-state index is 13.2. The molecule has 0 aromatic heterocycles. The van der Waals surface area contributed by atoms with Crippen LogP contribution in [0.5, 0.6) is 5.75 Å². The number of hydroxylamine groups is 2. The van der Waals surface area contributed by atoms with Crippen molar-refractivity contribution in [2.75, 3.05) is 19.7 Å². The minimum absolute atomic E-state index is 0.0239. The third kappa shape index (κ3) is 5.16. The Morgan fingerprint density at radius 2 is 1.73 bits per heavy atom. The van der Waals surface area contributed by atoms with Gasteiger partial charge in [-0.3, -0.25) is 5.21 Å². The van der Waals surface area contributed by atoms with Crippen molar-refractivity contribution >= 4 is 16.1 Å². The zero-order valence-corrected chi connectivity index (χ0v) is 18.7. The van der Waals surface area contributed by atoms with Crippen LogP contribution in [0.2, 0.25) is 0 Å². The lowest BCUT2D eigenvalue weighted by molar-refractivity contribution is -0.0464. The molecule has 1 aliphatic rings. The van der Waals surface area contributed by atoms with E-state index in [9.17, 15) is 18.4 Å². The van der Waals surface area contributed by atoms with Gasteiger partial charge < -0.3 is 10.5 Å². The number of nitrogens with zero attached hydrogens (tertiary/aromatic N) is 2. The van der Waals surface area contributed by atoms with Gasteiger partial charge in [0.05, 0.1) is 11.4 Å². The summed E-state index contributed by atoms with van der Waals surface area (Å²) in [6.07, 6.45) is 0.557. The maximum Gasteiger partial charge on any atom is 0.338 e. The molecule has 1 aliphatic heterocycles. The lowest BCUT2D eigenvalue weighted by atomic mass is 10.0. The number of sulfonamides is 1. The van der Waals surface area contributed by atoms with Gasteiger partial charge in [0, 0.05) is 13.1 Å². The summed E-state index contributed by atoms with van der Waals surface area (Å²) < 4.78 is 33.4. The molecule has 0 fully saturated rings. The van der Waals surface area contributed by atoms with Crippen LogP contribution in [0.3, 0.4) is 0 Å². The summed E-state index contributed by atoms with van der Waals surface area (Å²) in [6, 6.07) is 21.8. The van der Waals surface area contributed by atoms with Gasteiger partial charge in [-0.2, -0.15) is 4.31 Å². The molecule has 0 saturated carbocycles. The molecule has 0 atom stereocenters. The molecule has 172 valence electrons. The molecule has 3 aromatic rings. The molecule has 2 amide bonds. The first-order valence-corrected chi connectivity index (χ1v) is 11.9. The van der Waals surface area contributed by atoms with Crippen molar-refractivity contribution < 1.29 is 23.2 Å². The monoisotopic (exact) mass is 467 g/mol. The Hall–Kier alpha value is -3.40. The van der Waals surface area contributed by atoms with Gasteiger partial charge in [-0.05, 0) is 46.9 Å². The van der Waals surface area contributed by atoms with E-state index in [4.69, 9.17) is 10.5 Å². The fraction of sp³-hybridized carbons (Fsp3) is 0.208. The Balaban J connectivity index is 1.43. The number of ether oxygens (including phenoxy) is 1. The average Bonchev–Trinajstić information content (AvgIpc) is 2.82. The third-order valence-electron chi connectivity index (χ3n) is 5.53. The second kappa shape index (κ2) is 9.62. The molecule has 9 heteroatoms. The molecule has 0 bridgehead atoms. The van der Waals surface area contributed by atoms with Crippen LogP contribution in [0.4, 0.5) is 4.79 Å². The molecule has 3 N–H and O–H groups in total. The van der Waals surface area contributed by atoms with Gasteiger partial charge in [0.15, 0.2) is 0 Å². The second-order valence-corrected chi connectivity index (χ2v) is 9.64. The number of urea groups is 1. The van der Waals surface area contributed by atoms with Crippen LogP contribution in [0, 0.1) is 0 Å². The van der Waals surface area contributed by atoms with Crippen molar-refractivity contribution in [2.45, 2.75) is 17.9 Å². The molecule has 8 nitrogen and oxygen atoms in total. The Labute approximate surface area is 192 Å². The highest BCUT2D eigenvalue weighted by Crippen LogP contribution is 2.31. The van der Waals surface area contributed by atoms with E-state index >= 15 is 0 Å². The Morgan fingerprint density at radius 3 is 2.42 bits per heavy atom. The van der Waals surface area contributed by atoms with Crippen molar-refractivity contribution in [3.8, 4) is 16.9 Å². The number of fused-ring (bicyclic) bond motifs is 1. The Morgan fingerprint density at radius 1 is 1.03 bits per heavy atom. The highest BCUT2D eigenvalue weighted by molar-refractivity contribution is 7.89. The lowest BCUT2D eigenvalue weighted by Gasteiger charge is -2.28. The van der Waals surface area contributed by atoms with Gasteiger partial charge in [-0.15, -0.1) is 0 Å². The van der Waals surface area contributed by atoms with Crippen molar-refractivity contribution in [1.82, 2.24) is 9.37 Å². The number of hydrogen-bond donors (Lipinski definition) is 2. The van der Waals surface area contributed by atoms with Crippen molar-refractivity contribution in [2.24, 2.45) is 5.73 Å². The van der Waals surface area contributed by atoms with Crippen molar-refractivity contribution in [3.05, 3.63) is 83.9 Å². The summed E-state index contributed by atoms with van der Waals surface area (Å²) in [5, 5.41) is 9.64. The second-order valence-electron chi connectivity index (χ2n) is 7.73. The van der Waals surface area contributed by atoms with Crippen LogP contribution < -0.4 is 10.5 Å². The van der Waals surface area contributed by atoms with Gasteiger partial charge in [0.2, 0.25) is 10.0 Å². The standard InChI is InChI=1S/C24H25N3O5S/c25-24(28)27(29)14-15-32-22-10-11-23-21(16-22)12-13-26(33(23,30)31)17-18-6-8-20(9-7-18)19-4-2-1-3-5-19/h1-11,16,29H,12-15,17H2,(H2,25,28). The summed E-state index contributed by atoms with van der Waals surface area (Å²) >= 11 is 0. The summed E-state index contributed by atoms with van der Waals surface area (Å²) in [7, 11) is -3.64. The third-order valence-corrected chi connectivity index (χ3v) is 7.47. The topological polar surface area (TPSA) is 113 Å². The van der Waals surface area contributed by atoms with Gasteiger partial charge in [-0.25, -0.2) is 18.3 Å². The van der Waals surface area contributed by atoms with E-state index in [1.54, 1.807) is 12.1 Å². The predicted octanol–water partition coefficient (Wildman–Crippen LogP) is 3.25. The van der Waals surface area contributed by atoms with Crippen LogP contribution in [-0.4, -0.2) is 48.7 Å². The first-order chi connectivity index (χ1) is 15.8. The number of amides is 2. The van der Waals surface area contributed by atoms with Gasteiger partial charge in [0.1, 0.15) is 12.4 Å². The fourth-order valence-corrected chi connectivity index (χ4v) is 5.42. The molecule has 3 aromatic carbocycles. The van der Waals surface area contributed by atoms with E-state index < -0.39 is 16.1 Å². The summed E-state index contributed by atoms with van der Waals surface area (Å²) in [6.45, 7) is 0.595. The molecular weight excluding hydrogens is 442 g/mol. The van der Waals surface area contributed by atoms with Crippen LogP contribution >= 0.6 is 0 Å². The predicted molar refractivity (Wildman–Crippen MR) is 123 cm³/mol. The number of hydrogen-bond acceptors (Lipinski definition) is 5. The maximum atomic E-state index is 13.2. The van der Waals surface area contributed by atoms with Gasteiger partial charge in [0.25, 0.3) is 0 Å². The number of carbonyl (C=O) groups excluding carboxylic acids is 1. The van der Waals surface area contributed by atoms with E-state index in [0.717, 1.165) is 16.7 Å². The Bertz CT molecular complexity index is 1230. The van der Waals surface area contributed by atoms with Crippen LogP contribution in [-0.2, 0) is 23.0 Å². The minimum atomic E-state index is -3.64. The number of benzene rings is 3. The van der Waals surface area contributed by atoms with E-state index in [0.29, 0.717) is 35.9 Å². The smallest absolute Gasteiger partial charge is 0.338 e. The molecule has 0 unspecified atom stereocenters. The molecular formula is C24H25N3O5S. The number of nitrogens with two attached hydrogens (primary N) is 1. The van der Waals surface area contributed by atoms with E-state index in [-0.39, 0.29) is 18.0 Å². The summed E-state index contributed by atoms with van der Waals surface area (Å²) in [5.74, 6) is 0.465. The van der Waals surface area contributed by atoms with Gasteiger partial charge in [-0.1, -0.05) is 54.6 Å². The number of rotatable bonds is 7. The van der Waals surface area contributed by atoms with Crippen LogP contribution in [0.25, 0.3) is 11.1 Å². The molecule has 0 aliphatic carbocycles. The highest BCUT2D eigenvalue weighted by atomic mass is 32.2. The number of carbonyl (C=O) groups is 1. The molecule has 0 radical (unpaired) electrons. The average molecular weight is 468 g/mol. The summed E-state index contributed by atoms with van der Waals surface area (Å²) in [5.41, 5.74) is 8.75. The van der Waals surface area contributed by atoms with E-state index in [2.05, 4.69) is 0 Å². The fourth-order valence-electron chi connectivity index (χ4n) is 3.76. The lowest BCUT2D eigenvalue weighted by Crippen LogP contribution is -2.37. The zero-order chi connectivity index (χ0) is 23.4. The SMILES string of the molecule is NC(=O)N(O)CCOc1ccc2c(c1)CCN(Cc1ccc(-c3ccccc3)cc1)S2(=O)=O. The zero-order valence-electron chi connectivity index (χ0n) is 17.9. The molecule has 33 heavy (non-hydrogen) atoms. The largest absolute Gasteiger partial charge is 0.492 e. The van der Waals surface area contributed by atoms with E-state index in [1.807, 2.05) is 54.6 Å². The van der Waals surface area contributed by atoms with Crippen LogP contribution in [0.1, 0.15) is 11.1 Å². The summed E-state index contributed by atoms with van der Waals surface area (Å²) in [4.78, 5) is 11.1. The molecule has 1 heterocycles. The van der Waals surface area contributed by atoms with Crippen molar-refractivity contribution in [3.63, 3.8) is 0 Å². The normalized spacial score (nSPS) is 14.9. The van der Waals surface area contributed by atoms with Crippen LogP contribution in [0.15, 0.2) is 77.7 Å². The number of primary amides is 1. The molecule has 0 spiro atoms.